The minimum atomic E-state index is -1.22. The third-order valence-corrected chi connectivity index (χ3v) is 3.92. The molecule has 2 aromatic carbocycles. The van der Waals surface area contributed by atoms with Crippen LogP contribution in [0.1, 0.15) is 32.4 Å². The van der Waals surface area contributed by atoms with Crippen LogP contribution in [-0.4, -0.2) is 22.9 Å². The summed E-state index contributed by atoms with van der Waals surface area (Å²) in [5.41, 5.74) is 0.292. The molecule has 120 valence electrons. The van der Waals surface area contributed by atoms with Crippen LogP contribution >= 0.6 is 34.8 Å². The molecule has 0 aliphatic carbocycles. The molecule has 0 saturated heterocycles. The maximum atomic E-state index is 12.3. The van der Waals surface area contributed by atoms with Crippen LogP contribution in [0.4, 0.5) is 0 Å². The summed E-state index contributed by atoms with van der Waals surface area (Å²) < 4.78 is 5.32. The van der Waals surface area contributed by atoms with E-state index >= 15 is 0 Å². The number of benzene rings is 2. The Morgan fingerprint density at radius 1 is 1.09 bits per heavy atom. The van der Waals surface area contributed by atoms with Crippen LogP contribution in [-0.2, 0) is 4.74 Å². The Morgan fingerprint density at radius 3 is 2.30 bits per heavy atom. The number of carbonyl (C=O) groups excluding carboxylic acids is 1. The number of aromatic carboxylic acids is 1. The molecule has 0 bridgehead atoms. The minimum absolute atomic E-state index is 0.0394. The first-order valence-corrected chi connectivity index (χ1v) is 7.77. The fourth-order valence-corrected chi connectivity index (χ4v) is 2.74. The number of carbonyl (C=O) groups is 2. The van der Waals surface area contributed by atoms with Gasteiger partial charge in [0.25, 0.3) is 0 Å². The second-order valence-corrected chi connectivity index (χ2v) is 5.72. The predicted octanol–water partition coefficient (Wildman–Crippen LogP) is 4.83. The van der Waals surface area contributed by atoms with Crippen LogP contribution in [0.15, 0.2) is 42.5 Å². The van der Waals surface area contributed by atoms with Crippen molar-refractivity contribution >= 4 is 46.7 Å². The molecule has 0 unspecified atom stereocenters. The first-order valence-electron chi connectivity index (χ1n) is 6.48. The van der Waals surface area contributed by atoms with E-state index in [4.69, 9.17) is 44.6 Å². The summed E-state index contributed by atoms with van der Waals surface area (Å²) in [4.78, 5) is 23.5. The quantitative estimate of drug-likeness (QED) is 0.602. The van der Waals surface area contributed by atoms with Crippen molar-refractivity contribution in [3.05, 3.63) is 69.2 Å². The van der Waals surface area contributed by atoms with Gasteiger partial charge in [0, 0.05) is 15.6 Å². The van der Waals surface area contributed by atoms with Crippen LogP contribution in [0.25, 0.3) is 0 Å². The number of carboxylic acid groups (broad SMARTS) is 1. The highest BCUT2D eigenvalue weighted by Gasteiger charge is 2.23. The Morgan fingerprint density at radius 2 is 1.74 bits per heavy atom. The summed E-state index contributed by atoms with van der Waals surface area (Å²) in [6, 6.07) is 10.5. The van der Waals surface area contributed by atoms with Crippen LogP contribution in [0.2, 0.25) is 10.0 Å². The Kier molecular flexibility index (Phi) is 5.88. The minimum Gasteiger partial charge on any atom is -0.478 e. The van der Waals surface area contributed by atoms with E-state index in [1.807, 2.05) is 0 Å². The van der Waals surface area contributed by atoms with E-state index < -0.39 is 18.0 Å². The van der Waals surface area contributed by atoms with Crippen molar-refractivity contribution < 1.29 is 19.4 Å². The molecule has 0 fully saturated rings. The zero-order chi connectivity index (χ0) is 17.0. The molecule has 4 nitrogen and oxygen atoms in total. The van der Waals surface area contributed by atoms with Crippen LogP contribution in [0.5, 0.6) is 0 Å². The Hall–Kier alpha value is -1.75. The van der Waals surface area contributed by atoms with Crippen molar-refractivity contribution in [1.82, 2.24) is 0 Å². The van der Waals surface area contributed by atoms with E-state index in [0.29, 0.717) is 15.6 Å². The normalized spacial score (nSPS) is 11.8. The number of ether oxygens (including phenoxy) is 1. The molecular formula is C16H11Cl3O4. The zero-order valence-electron chi connectivity index (χ0n) is 11.6. The maximum absolute atomic E-state index is 12.3. The lowest BCUT2D eigenvalue weighted by Gasteiger charge is -2.17. The standard InChI is InChI=1S/C16H11Cl3O4/c17-8-14(12-6-5-9(18)7-13(12)19)23-16(22)11-4-2-1-3-10(11)15(20)21/h1-7,14H,8H2,(H,20,21)/t14-/m0/s1. The van der Waals surface area contributed by atoms with Gasteiger partial charge >= 0.3 is 11.9 Å². The molecule has 0 amide bonds. The topological polar surface area (TPSA) is 63.6 Å². The van der Waals surface area contributed by atoms with Crippen molar-refractivity contribution in [2.45, 2.75) is 6.10 Å². The van der Waals surface area contributed by atoms with Gasteiger partial charge in [0.15, 0.2) is 0 Å². The van der Waals surface area contributed by atoms with E-state index in [2.05, 4.69) is 0 Å². The first-order chi connectivity index (χ1) is 10.9. The Balaban J connectivity index is 2.29. The fourth-order valence-electron chi connectivity index (χ4n) is 1.98. The molecule has 0 spiro atoms. The van der Waals surface area contributed by atoms with Gasteiger partial charge in [-0.05, 0) is 24.3 Å². The van der Waals surface area contributed by atoms with Crippen LogP contribution in [0.3, 0.4) is 0 Å². The smallest absolute Gasteiger partial charge is 0.339 e. The average molecular weight is 374 g/mol. The van der Waals surface area contributed by atoms with Gasteiger partial charge in [-0.15, -0.1) is 11.6 Å². The van der Waals surface area contributed by atoms with E-state index in [0.717, 1.165) is 0 Å². The van der Waals surface area contributed by atoms with Gasteiger partial charge < -0.3 is 9.84 Å². The van der Waals surface area contributed by atoms with Gasteiger partial charge in [0.05, 0.1) is 17.0 Å². The lowest BCUT2D eigenvalue weighted by atomic mass is 10.1. The van der Waals surface area contributed by atoms with E-state index in [9.17, 15) is 9.59 Å². The van der Waals surface area contributed by atoms with Gasteiger partial charge in [-0.3, -0.25) is 0 Å². The third kappa shape index (κ3) is 4.16. The van der Waals surface area contributed by atoms with Gasteiger partial charge in [-0.2, -0.15) is 0 Å². The van der Waals surface area contributed by atoms with Gasteiger partial charge in [0.2, 0.25) is 0 Å². The highest BCUT2D eigenvalue weighted by atomic mass is 35.5. The molecule has 2 rings (SSSR count). The molecule has 1 N–H and O–H groups in total. The SMILES string of the molecule is O=C(O)c1ccccc1C(=O)O[C@@H](CCl)c1ccc(Cl)cc1Cl. The highest BCUT2D eigenvalue weighted by molar-refractivity contribution is 6.35. The second-order valence-electron chi connectivity index (χ2n) is 4.56. The van der Waals surface area contributed by atoms with E-state index in [-0.39, 0.29) is 17.0 Å². The zero-order valence-corrected chi connectivity index (χ0v) is 13.9. The van der Waals surface area contributed by atoms with E-state index in [1.165, 1.54) is 24.3 Å². The molecule has 2 aromatic rings. The summed E-state index contributed by atoms with van der Waals surface area (Å²) in [5, 5.41) is 9.88. The Labute approximate surface area is 147 Å². The summed E-state index contributed by atoms with van der Waals surface area (Å²) in [5.74, 6) is -2.05. The number of carboxylic acids is 1. The second kappa shape index (κ2) is 7.68. The molecule has 0 aliphatic heterocycles. The summed E-state index contributed by atoms with van der Waals surface area (Å²) in [7, 11) is 0. The monoisotopic (exact) mass is 372 g/mol. The summed E-state index contributed by atoms with van der Waals surface area (Å²) in [6.45, 7) is 0. The largest absolute Gasteiger partial charge is 0.478 e. The molecule has 0 heterocycles. The molecule has 0 radical (unpaired) electrons. The molecule has 23 heavy (non-hydrogen) atoms. The Bertz CT molecular complexity index is 746. The average Bonchev–Trinajstić information content (AvgIpc) is 2.53. The number of rotatable bonds is 5. The predicted molar refractivity (Wildman–Crippen MR) is 88.7 cm³/mol. The molecular weight excluding hydrogens is 363 g/mol. The molecule has 1 atom stereocenters. The molecule has 0 saturated carbocycles. The van der Waals surface area contributed by atoms with Gasteiger partial charge in [-0.1, -0.05) is 41.4 Å². The fraction of sp³-hybridized carbons (Fsp3) is 0.125. The number of alkyl halides is 1. The van der Waals surface area contributed by atoms with Gasteiger partial charge in [-0.25, -0.2) is 9.59 Å². The van der Waals surface area contributed by atoms with Crippen molar-refractivity contribution in [2.75, 3.05) is 5.88 Å². The van der Waals surface area contributed by atoms with Crippen LogP contribution < -0.4 is 0 Å². The first kappa shape index (κ1) is 17.6. The number of esters is 1. The van der Waals surface area contributed by atoms with Crippen molar-refractivity contribution in [3.63, 3.8) is 0 Å². The molecule has 0 aliphatic rings. The lowest BCUT2D eigenvalue weighted by Crippen LogP contribution is -2.16. The summed E-state index contributed by atoms with van der Waals surface area (Å²) in [6.07, 6.45) is -0.823. The molecule has 0 aromatic heterocycles. The number of halogens is 3. The maximum Gasteiger partial charge on any atom is 0.339 e. The number of hydrogen-bond acceptors (Lipinski definition) is 3. The van der Waals surface area contributed by atoms with Crippen molar-refractivity contribution in [2.24, 2.45) is 0 Å². The lowest BCUT2D eigenvalue weighted by molar-refractivity contribution is 0.0338. The van der Waals surface area contributed by atoms with E-state index in [1.54, 1.807) is 18.2 Å². The highest BCUT2D eigenvalue weighted by Crippen LogP contribution is 2.30. The van der Waals surface area contributed by atoms with Gasteiger partial charge in [0.1, 0.15) is 6.10 Å². The number of hydrogen-bond donors (Lipinski definition) is 1. The molecule has 7 heteroatoms. The van der Waals surface area contributed by atoms with Crippen molar-refractivity contribution in [1.29, 1.82) is 0 Å². The summed E-state index contributed by atoms with van der Waals surface area (Å²) >= 11 is 17.8. The van der Waals surface area contributed by atoms with Crippen LogP contribution in [0, 0.1) is 0 Å². The third-order valence-electron chi connectivity index (χ3n) is 3.08. The van der Waals surface area contributed by atoms with Crippen molar-refractivity contribution in [3.8, 4) is 0 Å².